The number of piperidine rings is 1. The van der Waals surface area contributed by atoms with Gasteiger partial charge in [-0.05, 0) is 32.0 Å². The molecular weight excluding hydrogens is 254 g/mol. The van der Waals surface area contributed by atoms with E-state index in [1.54, 1.807) is 12.1 Å². The number of benzene rings is 1. The number of rotatable bonds is 2. The largest absolute Gasteiger partial charge is 0.446 e. The average molecular weight is 275 g/mol. The Morgan fingerprint density at radius 1 is 1.30 bits per heavy atom. The molecule has 0 spiro atoms. The monoisotopic (exact) mass is 275 g/mol. The molecule has 2 fully saturated rings. The summed E-state index contributed by atoms with van der Waals surface area (Å²) >= 11 is 0. The van der Waals surface area contributed by atoms with E-state index in [0.29, 0.717) is 23.5 Å². The number of ether oxygens (including phenoxy) is 1. The van der Waals surface area contributed by atoms with Gasteiger partial charge in [-0.25, -0.2) is 4.79 Å². The lowest BCUT2D eigenvalue weighted by Gasteiger charge is -2.35. The number of carbonyl (C=O) groups excluding carboxylic acids is 1. The molecule has 20 heavy (non-hydrogen) atoms. The second kappa shape index (κ2) is 5.32. The van der Waals surface area contributed by atoms with Gasteiger partial charge < -0.3 is 15.4 Å². The van der Waals surface area contributed by atoms with Gasteiger partial charge in [0.1, 0.15) is 6.10 Å². The topological polar surface area (TPSA) is 67.6 Å². The van der Waals surface area contributed by atoms with Crippen LogP contribution in [0.1, 0.15) is 25.7 Å². The van der Waals surface area contributed by atoms with E-state index in [0.717, 1.165) is 12.8 Å². The summed E-state index contributed by atoms with van der Waals surface area (Å²) in [5, 5.41) is 2.72. The summed E-state index contributed by atoms with van der Waals surface area (Å²) in [6, 6.07) is 8.32. The van der Waals surface area contributed by atoms with Gasteiger partial charge in [-0.1, -0.05) is 12.1 Å². The summed E-state index contributed by atoms with van der Waals surface area (Å²) in [6.07, 6.45) is 3.92. The molecule has 108 valence electrons. The predicted molar refractivity (Wildman–Crippen MR) is 78.6 cm³/mol. The third-order valence-corrected chi connectivity index (χ3v) is 4.53. The molecule has 1 amide bonds. The second-order valence-corrected chi connectivity index (χ2v) is 5.76. The maximum absolute atomic E-state index is 11.9. The Balaban J connectivity index is 1.56. The molecule has 2 saturated heterocycles. The molecule has 3 atom stereocenters. The number of nitrogen functional groups attached to an aromatic ring is 1. The molecule has 0 radical (unpaired) electrons. The normalized spacial score (nSPS) is 29.1. The molecule has 5 nitrogen and oxygen atoms in total. The van der Waals surface area contributed by atoms with E-state index in [1.807, 2.05) is 12.1 Å². The lowest BCUT2D eigenvalue weighted by Crippen LogP contribution is -2.43. The fourth-order valence-corrected chi connectivity index (χ4v) is 3.36. The number of hydrogen-bond donors (Lipinski definition) is 2. The van der Waals surface area contributed by atoms with Gasteiger partial charge >= 0.3 is 6.09 Å². The lowest BCUT2D eigenvalue weighted by atomic mass is 10.0. The van der Waals surface area contributed by atoms with E-state index in [-0.39, 0.29) is 6.10 Å². The standard InChI is InChI=1S/C15H21N3O2/c1-18-10-6-7-11(18)9-12(8-10)20-15(19)17-14-5-3-2-4-13(14)16/h2-5,10-12H,6-9,16H2,1H3,(H,17,19)/t10-,11+,12?. The third-order valence-electron chi connectivity index (χ3n) is 4.53. The first-order chi connectivity index (χ1) is 9.63. The third kappa shape index (κ3) is 2.58. The van der Waals surface area contributed by atoms with Crippen LogP contribution in [0.5, 0.6) is 0 Å². The smallest absolute Gasteiger partial charge is 0.411 e. The molecule has 1 unspecified atom stereocenters. The zero-order valence-electron chi connectivity index (χ0n) is 11.7. The Labute approximate surface area is 119 Å². The maximum atomic E-state index is 11.9. The summed E-state index contributed by atoms with van der Waals surface area (Å²) in [4.78, 5) is 14.4. The first-order valence-electron chi connectivity index (χ1n) is 7.17. The van der Waals surface area contributed by atoms with Crippen LogP contribution in [0.3, 0.4) is 0 Å². The first kappa shape index (κ1) is 13.2. The molecule has 5 heteroatoms. The van der Waals surface area contributed by atoms with Crippen LogP contribution in [0.4, 0.5) is 16.2 Å². The van der Waals surface area contributed by atoms with Crippen LogP contribution in [0.15, 0.2) is 24.3 Å². The van der Waals surface area contributed by atoms with Crippen molar-refractivity contribution in [3.8, 4) is 0 Å². The van der Waals surface area contributed by atoms with Crippen LogP contribution in [0, 0.1) is 0 Å². The predicted octanol–water partition coefficient (Wildman–Crippen LogP) is 2.44. The van der Waals surface area contributed by atoms with Gasteiger partial charge in [0.15, 0.2) is 0 Å². The van der Waals surface area contributed by atoms with Crippen molar-refractivity contribution in [1.29, 1.82) is 0 Å². The van der Waals surface area contributed by atoms with Gasteiger partial charge in [0.05, 0.1) is 11.4 Å². The summed E-state index contributed by atoms with van der Waals surface area (Å²) in [7, 11) is 2.17. The van der Waals surface area contributed by atoms with Gasteiger partial charge in [-0.3, -0.25) is 5.32 Å². The summed E-state index contributed by atoms with van der Waals surface area (Å²) in [6.45, 7) is 0. The Kier molecular flexibility index (Phi) is 3.53. The fraction of sp³-hybridized carbons (Fsp3) is 0.533. The molecule has 0 saturated carbocycles. The quantitative estimate of drug-likeness (QED) is 0.813. The van der Waals surface area contributed by atoms with Gasteiger partial charge in [-0.2, -0.15) is 0 Å². The Hall–Kier alpha value is -1.75. The minimum atomic E-state index is -0.406. The number of amides is 1. The highest BCUT2D eigenvalue weighted by atomic mass is 16.6. The molecule has 1 aromatic carbocycles. The molecule has 3 rings (SSSR count). The number of para-hydroxylation sites is 2. The zero-order chi connectivity index (χ0) is 14.1. The lowest BCUT2D eigenvalue weighted by molar-refractivity contribution is 0.0348. The Morgan fingerprint density at radius 3 is 2.60 bits per heavy atom. The zero-order valence-corrected chi connectivity index (χ0v) is 11.7. The molecule has 2 aliphatic rings. The van der Waals surface area contributed by atoms with E-state index in [2.05, 4.69) is 17.3 Å². The summed E-state index contributed by atoms with van der Waals surface area (Å²) < 4.78 is 5.55. The molecule has 0 aliphatic carbocycles. The number of carbonyl (C=O) groups is 1. The molecule has 2 heterocycles. The Bertz CT molecular complexity index is 492. The van der Waals surface area contributed by atoms with Crippen molar-refractivity contribution in [2.45, 2.75) is 43.9 Å². The molecule has 1 aromatic rings. The minimum absolute atomic E-state index is 0.0219. The molecule has 2 bridgehead atoms. The molecule has 3 N–H and O–H groups in total. The van der Waals surface area contributed by atoms with Crippen LogP contribution in [-0.4, -0.2) is 36.2 Å². The van der Waals surface area contributed by atoms with Gasteiger partial charge in [-0.15, -0.1) is 0 Å². The SMILES string of the molecule is CN1[C@@H]2CC[C@H]1CC(OC(=O)Nc1ccccc1N)C2. The van der Waals surface area contributed by atoms with Crippen molar-refractivity contribution in [3.63, 3.8) is 0 Å². The fourth-order valence-electron chi connectivity index (χ4n) is 3.36. The molecular formula is C15H21N3O2. The van der Waals surface area contributed by atoms with Gasteiger partial charge in [0.2, 0.25) is 0 Å². The summed E-state index contributed by atoms with van der Waals surface area (Å²) in [5.41, 5.74) is 6.95. The maximum Gasteiger partial charge on any atom is 0.411 e. The summed E-state index contributed by atoms with van der Waals surface area (Å²) in [5.74, 6) is 0. The van der Waals surface area contributed by atoms with Crippen LogP contribution in [0.25, 0.3) is 0 Å². The van der Waals surface area contributed by atoms with Crippen molar-refractivity contribution in [1.82, 2.24) is 4.90 Å². The molecule has 2 aliphatic heterocycles. The molecule has 0 aromatic heterocycles. The highest BCUT2D eigenvalue weighted by Gasteiger charge is 2.39. The first-order valence-corrected chi connectivity index (χ1v) is 7.17. The second-order valence-electron chi connectivity index (χ2n) is 5.76. The van der Waals surface area contributed by atoms with Crippen LogP contribution in [-0.2, 0) is 4.74 Å². The van der Waals surface area contributed by atoms with E-state index in [4.69, 9.17) is 10.5 Å². The number of nitrogens with two attached hydrogens (primary N) is 1. The number of fused-ring (bicyclic) bond motifs is 2. The highest BCUT2D eigenvalue weighted by molar-refractivity contribution is 5.88. The van der Waals surface area contributed by atoms with E-state index < -0.39 is 6.09 Å². The van der Waals surface area contributed by atoms with E-state index in [9.17, 15) is 4.79 Å². The van der Waals surface area contributed by atoms with Crippen LogP contribution in [0.2, 0.25) is 0 Å². The van der Waals surface area contributed by atoms with Crippen molar-refractivity contribution in [2.24, 2.45) is 0 Å². The van der Waals surface area contributed by atoms with E-state index >= 15 is 0 Å². The van der Waals surface area contributed by atoms with Crippen molar-refractivity contribution >= 4 is 17.5 Å². The van der Waals surface area contributed by atoms with Gasteiger partial charge in [0, 0.05) is 24.9 Å². The van der Waals surface area contributed by atoms with Crippen molar-refractivity contribution in [3.05, 3.63) is 24.3 Å². The number of nitrogens with zero attached hydrogens (tertiary/aromatic N) is 1. The van der Waals surface area contributed by atoms with E-state index in [1.165, 1.54) is 12.8 Å². The van der Waals surface area contributed by atoms with Crippen molar-refractivity contribution < 1.29 is 9.53 Å². The van der Waals surface area contributed by atoms with Crippen molar-refractivity contribution in [2.75, 3.05) is 18.1 Å². The minimum Gasteiger partial charge on any atom is -0.446 e. The highest BCUT2D eigenvalue weighted by Crippen LogP contribution is 2.35. The van der Waals surface area contributed by atoms with Crippen LogP contribution >= 0.6 is 0 Å². The Morgan fingerprint density at radius 2 is 1.95 bits per heavy atom. The van der Waals surface area contributed by atoms with Crippen LogP contribution < -0.4 is 11.1 Å². The number of nitrogens with one attached hydrogen (secondary N) is 1. The number of anilines is 2. The number of hydrogen-bond acceptors (Lipinski definition) is 4. The average Bonchev–Trinajstić information content (AvgIpc) is 2.63. The van der Waals surface area contributed by atoms with Gasteiger partial charge in [0.25, 0.3) is 0 Å².